The van der Waals surface area contributed by atoms with Crippen molar-refractivity contribution in [2.24, 2.45) is 0 Å². The van der Waals surface area contributed by atoms with E-state index in [4.69, 9.17) is 11.6 Å². The summed E-state index contributed by atoms with van der Waals surface area (Å²) in [5.41, 5.74) is 3.12. The van der Waals surface area contributed by atoms with Gasteiger partial charge in [0.15, 0.2) is 0 Å². The van der Waals surface area contributed by atoms with Crippen LogP contribution >= 0.6 is 11.6 Å². The lowest BCUT2D eigenvalue weighted by molar-refractivity contribution is -0.120. The molecule has 0 aromatic heterocycles. The molecule has 1 aromatic rings. The van der Waals surface area contributed by atoms with Crippen molar-refractivity contribution in [1.29, 1.82) is 0 Å². The zero-order valence-corrected chi connectivity index (χ0v) is 10.1. The molecule has 0 bridgehead atoms. The van der Waals surface area contributed by atoms with Gasteiger partial charge in [0.1, 0.15) is 5.38 Å². The van der Waals surface area contributed by atoms with E-state index < -0.39 is 5.38 Å². The van der Waals surface area contributed by atoms with E-state index in [2.05, 4.69) is 5.32 Å². The summed E-state index contributed by atoms with van der Waals surface area (Å²) in [7, 11) is 0. The molecule has 0 spiro atoms. The molecule has 1 atom stereocenters. The number of hydrogen-bond donors (Lipinski definition) is 1. The van der Waals surface area contributed by atoms with E-state index >= 15 is 0 Å². The van der Waals surface area contributed by atoms with Crippen LogP contribution in [0.15, 0.2) is 18.2 Å². The smallest absolute Gasteiger partial charge is 0.242 e. The molecule has 3 heteroatoms. The molecule has 82 valence electrons. The summed E-state index contributed by atoms with van der Waals surface area (Å²) >= 11 is 6.08. The predicted molar refractivity (Wildman–Crippen MR) is 63.2 cm³/mol. The molecule has 0 radical (unpaired) electrons. The number of hydrogen-bond acceptors (Lipinski definition) is 1. The molecule has 15 heavy (non-hydrogen) atoms. The molecule has 0 aliphatic rings. The van der Waals surface area contributed by atoms with Gasteiger partial charge in [-0.1, -0.05) is 23.8 Å². The number of nitrogens with one attached hydrogen (secondary N) is 1. The Balaban J connectivity index is 2.91. The Morgan fingerprint density at radius 2 is 2.13 bits per heavy atom. The Morgan fingerprint density at radius 1 is 1.47 bits per heavy atom. The molecule has 1 amide bonds. The summed E-state index contributed by atoms with van der Waals surface area (Å²) in [5, 5.41) is 2.12. The van der Waals surface area contributed by atoms with Crippen LogP contribution < -0.4 is 5.32 Å². The fraction of sp³-hybridized carbons (Fsp3) is 0.417. The average molecular weight is 226 g/mol. The Bertz CT molecular complexity index is 363. The topological polar surface area (TPSA) is 29.1 Å². The SMILES string of the molecule is CCNC(=O)C(Cl)c1ccc(C)cc1C. The van der Waals surface area contributed by atoms with Crippen molar-refractivity contribution >= 4 is 17.5 Å². The third-order valence-electron chi connectivity index (χ3n) is 2.28. The van der Waals surface area contributed by atoms with Crippen molar-refractivity contribution < 1.29 is 4.79 Å². The number of carbonyl (C=O) groups excluding carboxylic acids is 1. The van der Waals surface area contributed by atoms with Gasteiger partial charge in [-0.3, -0.25) is 4.79 Å². The molecule has 0 saturated heterocycles. The Labute approximate surface area is 95.6 Å². The molecule has 0 saturated carbocycles. The summed E-state index contributed by atoms with van der Waals surface area (Å²) < 4.78 is 0. The molecule has 2 nitrogen and oxygen atoms in total. The summed E-state index contributed by atoms with van der Waals surface area (Å²) in [6, 6.07) is 5.92. The minimum absolute atomic E-state index is 0.133. The molecule has 1 unspecified atom stereocenters. The Morgan fingerprint density at radius 3 is 2.67 bits per heavy atom. The zero-order valence-electron chi connectivity index (χ0n) is 9.30. The van der Waals surface area contributed by atoms with Crippen LogP contribution in [0.2, 0.25) is 0 Å². The molecule has 1 rings (SSSR count). The normalized spacial score (nSPS) is 12.3. The first kappa shape index (κ1) is 12.1. The van der Waals surface area contributed by atoms with E-state index in [0.717, 1.165) is 11.1 Å². The van der Waals surface area contributed by atoms with Crippen LogP contribution in [-0.2, 0) is 4.79 Å². The maximum atomic E-state index is 11.5. The highest BCUT2D eigenvalue weighted by Gasteiger charge is 2.18. The Hall–Kier alpha value is -1.02. The van der Waals surface area contributed by atoms with Crippen LogP contribution in [0.5, 0.6) is 0 Å². The third-order valence-corrected chi connectivity index (χ3v) is 2.71. The molecule has 0 aliphatic heterocycles. The number of rotatable bonds is 3. The van der Waals surface area contributed by atoms with Crippen molar-refractivity contribution in [1.82, 2.24) is 5.32 Å². The zero-order chi connectivity index (χ0) is 11.4. The summed E-state index contributed by atoms with van der Waals surface area (Å²) in [6.07, 6.45) is 0. The van der Waals surface area contributed by atoms with Gasteiger partial charge in [0.2, 0.25) is 5.91 Å². The summed E-state index contributed by atoms with van der Waals surface area (Å²) in [4.78, 5) is 11.5. The molecule has 0 fully saturated rings. The maximum Gasteiger partial charge on any atom is 0.242 e. The number of amides is 1. The second kappa shape index (κ2) is 5.17. The van der Waals surface area contributed by atoms with E-state index in [1.54, 1.807) is 0 Å². The number of likely N-dealkylation sites (N-methyl/N-ethyl adjacent to an activating group) is 1. The van der Waals surface area contributed by atoms with Gasteiger partial charge in [-0.2, -0.15) is 0 Å². The van der Waals surface area contributed by atoms with E-state index in [1.807, 2.05) is 39.0 Å². The monoisotopic (exact) mass is 225 g/mol. The number of halogens is 1. The summed E-state index contributed by atoms with van der Waals surface area (Å²) in [6.45, 7) is 6.47. The van der Waals surface area contributed by atoms with Gasteiger partial charge >= 0.3 is 0 Å². The van der Waals surface area contributed by atoms with Crippen LogP contribution in [-0.4, -0.2) is 12.5 Å². The van der Waals surface area contributed by atoms with Gasteiger partial charge in [-0.15, -0.1) is 11.6 Å². The molecule has 1 aromatic carbocycles. The van der Waals surface area contributed by atoms with E-state index in [-0.39, 0.29) is 5.91 Å². The van der Waals surface area contributed by atoms with Gasteiger partial charge in [-0.25, -0.2) is 0 Å². The van der Waals surface area contributed by atoms with Crippen LogP contribution in [0.3, 0.4) is 0 Å². The van der Waals surface area contributed by atoms with Crippen molar-refractivity contribution in [3.63, 3.8) is 0 Å². The third kappa shape index (κ3) is 2.96. The maximum absolute atomic E-state index is 11.5. The van der Waals surface area contributed by atoms with Gasteiger partial charge in [0, 0.05) is 6.54 Å². The van der Waals surface area contributed by atoms with E-state index in [1.165, 1.54) is 5.56 Å². The lowest BCUT2D eigenvalue weighted by Crippen LogP contribution is -2.26. The van der Waals surface area contributed by atoms with Crippen molar-refractivity contribution in [2.45, 2.75) is 26.1 Å². The predicted octanol–water partition coefficient (Wildman–Crippen LogP) is 2.72. The van der Waals surface area contributed by atoms with Gasteiger partial charge < -0.3 is 5.32 Å². The second-order valence-electron chi connectivity index (χ2n) is 3.62. The van der Waals surface area contributed by atoms with Crippen molar-refractivity contribution in [3.8, 4) is 0 Å². The highest BCUT2D eigenvalue weighted by Crippen LogP contribution is 2.24. The van der Waals surface area contributed by atoms with Gasteiger partial charge in [-0.05, 0) is 31.9 Å². The second-order valence-corrected chi connectivity index (χ2v) is 4.05. The molecule has 0 aliphatic carbocycles. The lowest BCUT2D eigenvalue weighted by atomic mass is 10.0. The Kier molecular flexibility index (Phi) is 4.15. The number of aryl methyl sites for hydroxylation is 2. The molecule has 0 heterocycles. The minimum Gasteiger partial charge on any atom is -0.355 e. The van der Waals surface area contributed by atoms with Crippen LogP contribution in [0.1, 0.15) is 29.0 Å². The highest BCUT2D eigenvalue weighted by molar-refractivity contribution is 6.30. The van der Waals surface area contributed by atoms with Crippen LogP contribution in [0, 0.1) is 13.8 Å². The quantitative estimate of drug-likeness (QED) is 0.788. The van der Waals surface area contributed by atoms with Crippen molar-refractivity contribution in [2.75, 3.05) is 6.54 Å². The van der Waals surface area contributed by atoms with Crippen LogP contribution in [0.4, 0.5) is 0 Å². The average Bonchev–Trinajstić information content (AvgIpc) is 2.17. The first-order chi connectivity index (χ1) is 7.06. The minimum atomic E-state index is -0.592. The highest BCUT2D eigenvalue weighted by atomic mass is 35.5. The molecular formula is C12H16ClNO. The van der Waals surface area contributed by atoms with E-state index in [0.29, 0.717) is 6.54 Å². The molecular weight excluding hydrogens is 210 g/mol. The van der Waals surface area contributed by atoms with E-state index in [9.17, 15) is 4.79 Å². The molecule has 1 N–H and O–H groups in total. The lowest BCUT2D eigenvalue weighted by Gasteiger charge is -2.12. The number of alkyl halides is 1. The largest absolute Gasteiger partial charge is 0.355 e. The van der Waals surface area contributed by atoms with Crippen molar-refractivity contribution in [3.05, 3.63) is 34.9 Å². The van der Waals surface area contributed by atoms with Crippen LogP contribution in [0.25, 0.3) is 0 Å². The number of benzene rings is 1. The first-order valence-electron chi connectivity index (χ1n) is 5.05. The standard InChI is InChI=1S/C12H16ClNO/c1-4-14-12(15)11(13)10-6-5-8(2)7-9(10)3/h5-7,11H,4H2,1-3H3,(H,14,15). The fourth-order valence-electron chi connectivity index (χ4n) is 1.52. The van der Waals surface area contributed by atoms with Gasteiger partial charge in [0.25, 0.3) is 0 Å². The first-order valence-corrected chi connectivity index (χ1v) is 5.48. The van der Waals surface area contributed by atoms with Gasteiger partial charge in [0.05, 0.1) is 0 Å². The number of carbonyl (C=O) groups is 1. The summed E-state index contributed by atoms with van der Waals surface area (Å²) in [5.74, 6) is -0.133. The fourth-order valence-corrected chi connectivity index (χ4v) is 1.84.